The van der Waals surface area contributed by atoms with Crippen molar-refractivity contribution in [2.45, 2.75) is 24.4 Å². The summed E-state index contributed by atoms with van der Waals surface area (Å²) in [6.45, 7) is 0.659. The lowest BCUT2D eigenvalue weighted by Gasteiger charge is -2.29. The molecule has 0 radical (unpaired) electrons. The minimum absolute atomic E-state index is 0.155. The Labute approximate surface area is 180 Å². The summed E-state index contributed by atoms with van der Waals surface area (Å²) in [5.41, 5.74) is 1.03. The first kappa shape index (κ1) is 19.1. The standard InChI is InChI=1S/C25H19N3O3/c26-15-25(16-27)23(20-11-12-21-22(13-20)30-17-29-21)28(14-18-7-3-1-4-8-18)24(31-25)19-9-5-2-6-10-19/h1-13,23-24H,14,17H2. The van der Waals surface area contributed by atoms with E-state index in [1.807, 2.05) is 78.9 Å². The van der Waals surface area contributed by atoms with Crippen molar-refractivity contribution in [1.82, 2.24) is 4.90 Å². The van der Waals surface area contributed by atoms with Gasteiger partial charge >= 0.3 is 0 Å². The van der Waals surface area contributed by atoms with Gasteiger partial charge in [0.2, 0.25) is 6.79 Å². The van der Waals surface area contributed by atoms with Crippen LogP contribution in [0.25, 0.3) is 0 Å². The summed E-state index contributed by atoms with van der Waals surface area (Å²) in [6.07, 6.45) is -0.559. The highest BCUT2D eigenvalue weighted by molar-refractivity contribution is 5.48. The Morgan fingerprint density at radius 1 is 0.839 bits per heavy atom. The maximum Gasteiger partial charge on any atom is 0.262 e. The highest BCUT2D eigenvalue weighted by Crippen LogP contribution is 2.51. The molecule has 31 heavy (non-hydrogen) atoms. The summed E-state index contributed by atoms with van der Waals surface area (Å²) in [4.78, 5) is 2.06. The molecule has 6 nitrogen and oxygen atoms in total. The van der Waals surface area contributed by atoms with Gasteiger partial charge in [-0.15, -0.1) is 0 Å². The molecular formula is C25H19N3O3. The first-order valence-corrected chi connectivity index (χ1v) is 9.98. The number of nitrogens with zero attached hydrogens (tertiary/aromatic N) is 3. The molecule has 1 saturated heterocycles. The number of nitriles is 2. The van der Waals surface area contributed by atoms with Crippen molar-refractivity contribution >= 4 is 0 Å². The van der Waals surface area contributed by atoms with Gasteiger partial charge < -0.3 is 14.2 Å². The molecule has 2 unspecified atom stereocenters. The molecule has 1 fully saturated rings. The van der Waals surface area contributed by atoms with Gasteiger partial charge in [0, 0.05) is 6.54 Å². The summed E-state index contributed by atoms with van der Waals surface area (Å²) in [5.74, 6) is 1.25. The van der Waals surface area contributed by atoms with E-state index in [1.54, 1.807) is 0 Å². The van der Waals surface area contributed by atoms with Gasteiger partial charge in [0.15, 0.2) is 11.5 Å². The largest absolute Gasteiger partial charge is 0.454 e. The smallest absolute Gasteiger partial charge is 0.262 e. The molecule has 0 N–H and O–H groups in total. The van der Waals surface area contributed by atoms with E-state index in [1.165, 1.54) is 0 Å². The van der Waals surface area contributed by atoms with Crippen LogP contribution in [0.4, 0.5) is 0 Å². The number of ether oxygens (including phenoxy) is 3. The fraction of sp³-hybridized carbons (Fsp3) is 0.200. The van der Waals surface area contributed by atoms with Gasteiger partial charge in [-0.05, 0) is 28.8 Å². The van der Waals surface area contributed by atoms with E-state index in [0.29, 0.717) is 18.0 Å². The molecule has 0 spiro atoms. The van der Waals surface area contributed by atoms with E-state index < -0.39 is 17.9 Å². The molecule has 0 aliphatic carbocycles. The Bertz CT molecular complexity index is 1150. The molecule has 152 valence electrons. The Balaban J connectivity index is 1.65. The van der Waals surface area contributed by atoms with Gasteiger partial charge in [-0.3, -0.25) is 4.90 Å². The molecule has 2 heterocycles. The van der Waals surface area contributed by atoms with Crippen LogP contribution >= 0.6 is 0 Å². The van der Waals surface area contributed by atoms with Crippen molar-refractivity contribution in [2.24, 2.45) is 0 Å². The predicted molar refractivity (Wildman–Crippen MR) is 112 cm³/mol. The molecule has 2 atom stereocenters. The maximum absolute atomic E-state index is 10.1. The second-order valence-corrected chi connectivity index (χ2v) is 7.51. The monoisotopic (exact) mass is 409 g/mol. The van der Waals surface area contributed by atoms with Crippen LogP contribution in [0.1, 0.15) is 29.0 Å². The van der Waals surface area contributed by atoms with Crippen molar-refractivity contribution < 1.29 is 14.2 Å². The summed E-state index contributed by atoms with van der Waals surface area (Å²) in [5, 5.41) is 20.2. The van der Waals surface area contributed by atoms with Gasteiger partial charge in [-0.2, -0.15) is 10.5 Å². The zero-order valence-corrected chi connectivity index (χ0v) is 16.6. The van der Waals surface area contributed by atoms with Crippen molar-refractivity contribution in [2.75, 3.05) is 6.79 Å². The lowest BCUT2D eigenvalue weighted by molar-refractivity contribution is -0.0116. The van der Waals surface area contributed by atoms with Crippen LogP contribution < -0.4 is 9.47 Å². The molecule has 0 aromatic heterocycles. The average molecular weight is 409 g/mol. The Morgan fingerprint density at radius 2 is 1.52 bits per heavy atom. The fourth-order valence-corrected chi connectivity index (χ4v) is 4.23. The van der Waals surface area contributed by atoms with Crippen molar-refractivity contribution in [3.63, 3.8) is 0 Å². The highest BCUT2D eigenvalue weighted by Gasteiger charge is 2.56. The SMILES string of the molecule is N#CC1(C#N)OC(c2ccccc2)N(Cc2ccccc2)C1c1ccc2c(c1)OCO2. The van der Waals surface area contributed by atoms with Crippen LogP contribution in [0.15, 0.2) is 78.9 Å². The second kappa shape index (κ2) is 7.77. The van der Waals surface area contributed by atoms with E-state index in [0.717, 1.165) is 16.7 Å². The highest BCUT2D eigenvalue weighted by atomic mass is 16.7. The quantitative estimate of drug-likeness (QED) is 0.632. The van der Waals surface area contributed by atoms with Crippen LogP contribution in [0.5, 0.6) is 11.5 Å². The van der Waals surface area contributed by atoms with Gasteiger partial charge in [-0.1, -0.05) is 66.7 Å². The van der Waals surface area contributed by atoms with Crippen molar-refractivity contribution in [3.05, 3.63) is 95.6 Å². The third kappa shape index (κ3) is 3.29. The van der Waals surface area contributed by atoms with E-state index in [-0.39, 0.29) is 6.79 Å². The van der Waals surface area contributed by atoms with Gasteiger partial charge in [0.05, 0.1) is 6.04 Å². The molecule has 2 aliphatic rings. The summed E-state index contributed by atoms with van der Waals surface area (Å²) in [6, 6.07) is 28.9. The van der Waals surface area contributed by atoms with E-state index in [2.05, 4.69) is 17.0 Å². The molecule has 0 bridgehead atoms. The maximum atomic E-state index is 10.1. The molecule has 5 rings (SSSR count). The minimum atomic E-state index is -1.68. The lowest BCUT2D eigenvalue weighted by atomic mass is 9.90. The second-order valence-electron chi connectivity index (χ2n) is 7.51. The number of rotatable bonds is 4. The Morgan fingerprint density at radius 3 is 2.23 bits per heavy atom. The van der Waals surface area contributed by atoms with Crippen LogP contribution in [0.3, 0.4) is 0 Å². The molecule has 2 aliphatic heterocycles. The molecular weight excluding hydrogens is 390 g/mol. The zero-order chi connectivity index (χ0) is 21.3. The summed E-state index contributed by atoms with van der Waals surface area (Å²) >= 11 is 0. The summed E-state index contributed by atoms with van der Waals surface area (Å²) in [7, 11) is 0. The van der Waals surface area contributed by atoms with Crippen molar-refractivity contribution in [3.8, 4) is 23.6 Å². The zero-order valence-electron chi connectivity index (χ0n) is 16.6. The van der Waals surface area contributed by atoms with Gasteiger partial charge in [-0.25, -0.2) is 0 Å². The van der Waals surface area contributed by atoms with Gasteiger partial charge in [0.25, 0.3) is 5.60 Å². The van der Waals surface area contributed by atoms with Crippen LogP contribution in [0.2, 0.25) is 0 Å². The fourth-order valence-electron chi connectivity index (χ4n) is 4.23. The first-order valence-electron chi connectivity index (χ1n) is 9.98. The van der Waals surface area contributed by atoms with Crippen LogP contribution in [-0.4, -0.2) is 17.3 Å². The normalized spacial score (nSPS) is 21.4. The number of benzene rings is 3. The number of hydrogen-bond acceptors (Lipinski definition) is 6. The molecule has 3 aromatic carbocycles. The van der Waals surface area contributed by atoms with E-state index >= 15 is 0 Å². The van der Waals surface area contributed by atoms with Crippen molar-refractivity contribution in [1.29, 1.82) is 10.5 Å². The topological polar surface area (TPSA) is 78.5 Å². The third-order valence-corrected chi connectivity index (χ3v) is 5.65. The van der Waals surface area contributed by atoms with Crippen LogP contribution in [-0.2, 0) is 11.3 Å². The minimum Gasteiger partial charge on any atom is -0.454 e. The average Bonchev–Trinajstić information content (AvgIpc) is 3.42. The molecule has 0 saturated carbocycles. The summed E-state index contributed by atoms with van der Waals surface area (Å²) < 4.78 is 17.2. The Kier molecular flexibility index (Phi) is 4.80. The first-order chi connectivity index (χ1) is 15.2. The number of fused-ring (bicyclic) bond motifs is 1. The van der Waals surface area contributed by atoms with Gasteiger partial charge in [0.1, 0.15) is 18.4 Å². The lowest BCUT2D eigenvalue weighted by Crippen LogP contribution is -2.36. The molecule has 3 aromatic rings. The van der Waals surface area contributed by atoms with E-state index in [9.17, 15) is 10.5 Å². The predicted octanol–water partition coefficient (Wildman–Crippen LogP) is 4.47. The molecule has 6 heteroatoms. The van der Waals surface area contributed by atoms with E-state index in [4.69, 9.17) is 14.2 Å². The Hall–Kier alpha value is -3.84. The van der Waals surface area contributed by atoms with Crippen LogP contribution in [0, 0.1) is 22.7 Å². The number of hydrogen-bond donors (Lipinski definition) is 0. The molecule has 0 amide bonds. The third-order valence-electron chi connectivity index (χ3n) is 5.65.